The van der Waals surface area contributed by atoms with Crippen molar-refractivity contribution in [1.29, 1.82) is 5.26 Å². The van der Waals surface area contributed by atoms with E-state index < -0.39 is 32.9 Å². The second-order valence-electron chi connectivity index (χ2n) is 3.56. The van der Waals surface area contributed by atoms with Gasteiger partial charge in [0, 0.05) is 0 Å². The molecule has 9 heteroatoms. The first-order valence-corrected chi connectivity index (χ1v) is 6.40. The molecule has 0 aliphatic heterocycles. The van der Waals surface area contributed by atoms with Gasteiger partial charge in [-0.25, -0.2) is 0 Å². The monoisotopic (exact) mass is 289 g/mol. The van der Waals surface area contributed by atoms with Gasteiger partial charge in [-0.3, -0.25) is 0 Å². The molecule has 0 spiro atoms. The molecule has 102 valence electrons. The van der Waals surface area contributed by atoms with Crippen molar-refractivity contribution in [3.63, 3.8) is 0 Å². The average Bonchev–Trinajstić information content (AvgIpc) is 2.24. The third kappa shape index (κ3) is 3.32. The third-order valence-corrected chi connectivity index (χ3v) is 3.22. The lowest BCUT2D eigenvalue weighted by atomic mass is 10.1. The SMILES string of the molecule is N#CC(O)C(O)c1cccc(S(F)(F)(F)(F)F)c1. The molecule has 2 atom stereocenters. The topological polar surface area (TPSA) is 64.2 Å². The second-order valence-corrected chi connectivity index (χ2v) is 5.97. The van der Waals surface area contributed by atoms with Crippen LogP contribution in [0.1, 0.15) is 11.7 Å². The van der Waals surface area contributed by atoms with Crippen molar-refractivity contribution in [3.8, 4) is 6.07 Å². The van der Waals surface area contributed by atoms with Crippen LogP contribution in [0, 0.1) is 11.3 Å². The molecule has 0 saturated heterocycles. The Morgan fingerprint density at radius 1 is 1.11 bits per heavy atom. The summed E-state index contributed by atoms with van der Waals surface area (Å²) in [6.45, 7) is 0. The largest absolute Gasteiger partial charge is 0.385 e. The molecule has 2 unspecified atom stereocenters. The van der Waals surface area contributed by atoms with Gasteiger partial charge in [0.25, 0.3) is 0 Å². The lowest BCUT2D eigenvalue weighted by molar-refractivity contribution is 0.0526. The molecule has 3 nitrogen and oxygen atoms in total. The summed E-state index contributed by atoms with van der Waals surface area (Å²) in [5.41, 5.74) is -0.616. The van der Waals surface area contributed by atoms with Crippen molar-refractivity contribution >= 4 is 10.2 Å². The van der Waals surface area contributed by atoms with Crippen LogP contribution in [0.15, 0.2) is 29.2 Å². The van der Waals surface area contributed by atoms with Crippen molar-refractivity contribution in [1.82, 2.24) is 0 Å². The Labute approximate surface area is 98.8 Å². The van der Waals surface area contributed by atoms with E-state index in [4.69, 9.17) is 10.4 Å². The molecule has 0 amide bonds. The second kappa shape index (κ2) is 3.57. The van der Waals surface area contributed by atoms with Crippen LogP contribution < -0.4 is 0 Å². The van der Waals surface area contributed by atoms with Crippen molar-refractivity contribution < 1.29 is 29.6 Å². The van der Waals surface area contributed by atoms with E-state index in [1.165, 1.54) is 6.07 Å². The minimum absolute atomic E-state index is 0.0206. The van der Waals surface area contributed by atoms with Crippen LogP contribution in [0.2, 0.25) is 0 Å². The van der Waals surface area contributed by atoms with Gasteiger partial charge in [0.1, 0.15) is 11.0 Å². The standard InChI is InChI=1S/C9H8F5NO2S/c10-18(11,12,13,14)7-3-1-2-6(4-7)9(17)8(16)5-15/h1-4,8-9,16-17H. The van der Waals surface area contributed by atoms with Gasteiger partial charge in [-0.15, -0.1) is 0 Å². The van der Waals surface area contributed by atoms with Gasteiger partial charge < -0.3 is 10.2 Å². The molecule has 0 fully saturated rings. The number of aliphatic hydroxyl groups is 2. The van der Waals surface area contributed by atoms with E-state index >= 15 is 0 Å². The van der Waals surface area contributed by atoms with E-state index in [1.807, 2.05) is 0 Å². The summed E-state index contributed by atoms with van der Waals surface area (Å²) in [4.78, 5) is -2.18. The Hall–Kier alpha value is -1.37. The predicted octanol–water partition coefficient (Wildman–Crippen LogP) is 3.26. The minimum Gasteiger partial charge on any atom is -0.385 e. The maximum Gasteiger partial charge on any atom is 0.310 e. The molecular formula is C9H8F5NO2S. The third-order valence-electron chi connectivity index (χ3n) is 2.08. The molecule has 0 bridgehead atoms. The van der Waals surface area contributed by atoms with Gasteiger partial charge in [-0.1, -0.05) is 31.6 Å². The number of benzene rings is 1. The summed E-state index contributed by atoms with van der Waals surface area (Å²) in [6.07, 6.45) is -3.99. The van der Waals surface area contributed by atoms with E-state index in [-0.39, 0.29) is 12.1 Å². The minimum atomic E-state index is -9.84. The van der Waals surface area contributed by atoms with Gasteiger partial charge in [0.2, 0.25) is 0 Å². The molecule has 1 rings (SSSR count). The van der Waals surface area contributed by atoms with Crippen LogP contribution >= 0.6 is 10.2 Å². The molecule has 0 saturated carbocycles. The molecule has 18 heavy (non-hydrogen) atoms. The number of nitrogens with zero attached hydrogens (tertiary/aromatic N) is 1. The van der Waals surface area contributed by atoms with Gasteiger partial charge in [-0.05, 0) is 17.7 Å². The van der Waals surface area contributed by atoms with Crippen LogP contribution in [0.4, 0.5) is 19.4 Å². The molecule has 2 N–H and O–H groups in total. The van der Waals surface area contributed by atoms with Gasteiger partial charge in [-0.2, -0.15) is 5.26 Å². The highest BCUT2D eigenvalue weighted by atomic mass is 32.5. The molecule has 0 radical (unpaired) electrons. The Kier molecular flexibility index (Phi) is 2.91. The quantitative estimate of drug-likeness (QED) is 0.663. The summed E-state index contributed by atoms with van der Waals surface area (Å²) in [7, 11) is -9.84. The zero-order valence-corrected chi connectivity index (χ0v) is 9.42. The number of halogens is 5. The number of aliphatic hydroxyl groups excluding tert-OH is 2. The van der Waals surface area contributed by atoms with Crippen molar-refractivity contribution in [3.05, 3.63) is 29.8 Å². The highest BCUT2D eigenvalue weighted by Crippen LogP contribution is 3.02. The number of rotatable bonds is 3. The fraction of sp³-hybridized carbons (Fsp3) is 0.222. The summed E-state index contributed by atoms with van der Waals surface area (Å²) in [6, 6.07) is 2.93. The number of hydrogen-bond donors (Lipinski definition) is 2. The van der Waals surface area contributed by atoms with E-state index in [1.54, 1.807) is 0 Å². The first kappa shape index (κ1) is 14.7. The summed E-state index contributed by atoms with van der Waals surface area (Å²) in [5.74, 6) is 0. The molecule has 0 heterocycles. The van der Waals surface area contributed by atoms with Crippen molar-refractivity contribution in [2.24, 2.45) is 0 Å². The Bertz CT molecular complexity index is 509. The Balaban J connectivity index is 3.30. The average molecular weight is 289 g/mol. The Morgan fingerprint density at radius 3 is 2.11 bits per heavy atom. The van der Waals surface area contributed by atoms with Crippen LogP contribution in [0.5, 0.6) is 0 Å². The fourth-order valence-corrected chi connectivity index (χ4v) is 1.89. The van der Waals surface area contributed by atoms with Gasteiger partial charge in [0.05, 0.1) is 6.07 Å². The molecule has 1 aromatic rings. The van der Waals surface area contributed by atoms with Gasteiger partial charge >= 0.3 is 10.2 Å². The molecule has 1 aromatic carbocycles. The molecule has 0 aliphatic rings. The zero-order valence-electron chi connectivity index (χ0n) is 8.60. The maximum absolute atomic E-state index is 12.5. The smallest absolute Gasteiger partial charge is 0.310 e. The fourth-order valence-electron chi connectivity index (χ4n) is 1.19. The lowest BCUT2D eigenvalue weighted by Crippen LogP contribution is -2.16. The van der Waals surface area contributed by atoms with Crippen molar-refractivity contribution in [2.45, 2.75) is 17.1 Å². The number of nitriles is 1. The summed E-state index contributed by atoms with van der Waals surface area (Å²) < 4.78 is 62.3. The van der Waals surface area contributed by atoms with E-state index in [9.17, 15) is 24.5 Å². The van der Waals surface area contributed by atoms with E-state index in [0.29, 0.717) is 6.07 Å². The zero-order chi connectivity index (χ0) is 14.3. The van der Waals surface area contributed by atoms with Crippen LogP contribution in [0.25, 0.3) is 0 Å². The normalized spacial score (nSPS) is 19.2. The summed E-state index contributed by atoms with van der Waals surface area (Å²) >= 11 is 0. The van der Waals surface area contributed by atoms with Crippen LogP contribution in [-0.2, 0) is 0 Å². The maximum atomic E-state index is 12.5. The first-order valence-electron chi connectivity index (χ1n) is 4.45. The highest BCUT2D eigenvalue weighted by molar-refractivity contribution is 8.45. The van der Waals surface area contributed by atoms with E-state index in [0.717, 1.165) is 6.07 Å². The highest BCUT2D eigenvalue weighted by Gasteiger charge is 2.65. The lowest BCUT2D eigenvalue weighted by Gasteiger charge is -2.40. The predicted molar refractivity (Wildman–Crippen MR) is 54.4 cm³/mol. The van der Waals surface area contributed by atoms with E-state index in [2.05, 4.69) is 0 Å². The van der Waals surface area contributed by atoms with Crippen LogP contribution in [-0.4, -0.2) is 16.3 Å². The first-order chi connectivity index (χ1) is 7.85. The molecule has 0 aromatic heterocycles. The summed E-state index contributed by atoms with van der Waals surface area (Å²) in [5, 5.41) is 26.5. The van der Waals surface area contributed by atoms with Gasteiger partial charge in [0.15, 0.2) is 6.10 Å². The van der Waals surface area contributed by atoms with Crippen molar-refractivity contribution in [2.75, 3.05) is 0 Å². The Morgan fingerprint density at radius 2 is 1.67 bits per heavy atom. The molecule has 0 aliphatic carbocycles. The molecular weight excluding hydrogens is 281 g/mol. The number of hydrogen-bond acceptors (Lipinski definition) is 3. The van der Waals surface area contributed by atoms with Crippen LogP contribution in [0.3, 0.4) is 0 Å².